The Bertz CT molecular complexity index is 1050. The lowest BCUT2D eigenvalue weighted by molar-refractivity contribution is 0.725. The molecule has 0 atom stereocenters. The van der Waals surface area contributed by atoms with E-state index in [4.69, 9.17) is 4.98 Å². The van der Waals surface area contributed by atoms with Gasteiger partial charge in [0.2, 0.25) is 5.16 Å². The normalized spacial score (nSPS) is 11.3. The zero-order valence-corrected chi connectivity index (χ0v) is 16.0. The SMILES string of the molecule is CCn1cc(-c2ccccc2)nc1CSc1nc2cc(C)cc(C)n2n1. The van der Waals surface area contributed by atoms with Gasteiger partial charge in [-0.2, -0.15) is 0 Å². The van der Waals surface area contributed by atoms with Crippen molar-refractivity contribution in [2.24, 2.45) is 0 Å². The number of hydrogen-bond acceptors (Lipinski definition) is 4. The number of thioether (sulfide) groups is 1. The van der Waals surface area contributed by atoms with Gasteiger partial charge in [-0.3, -0.25) is 0 Å². The number of benzene rings is 1. The van der Waals surface area contributed by atoms with Gasteiger partial charge < -0.3 is 4.57 Å². The summed E-state index contributed by atoms with van der Waals surface area (Å²) in [6.07, 6.45) is 2.12. The number of pyridine rings is 1. The molecule has 3 aromatic heterocycles. The van der Waals surface area contributed by atoms with Crippen LogP contribution >= 0.6 is 11.8 Å². The zero-order valence-electron chi connectivity index (χ0n) is 15.2. The molecule has 0 saturated carbocycles. The molecule has 0 saturated heterocycles. The highest BCUT2D eigenvalue weighted by Gasteiger charge is 2.12. The van der Waals surface area contributed by atoms with E-state index in [0.717, 1.165) is 45.9 Å². The third-order valence-corrected chi connectivity index (χ3v) is 5.17. The standard InChI is InChI=1S/C20H21N5S/c1-4-24-12-17(16-8-6-5-7-9-16)21-19(24)13-26-20-22-18-11-14(2)10-15(3)25(18)23-20/h5-12H,4,13H2,1-3H3. The molecule has 0 radical (unpaired) electrons. The molecule has 1 aromatic carbocycles. The van der Waals surface area contributed by atoms with Crippen molar-refractivity contribution in [2.75, 3.05) is 0 Å². The minimum absolute atomic E-state index is 0.746. The van der Waals surface area contributed by atoms with Gasteiger partial charge in [0.15, 0.2) is 5.65 Å². The molecule has 4 rings (SSSR count). The summed E-state index contributed by atoms with van der Waals surface area (Å²) in [4.78, 5) is 9.48. The molecule has 132 valence electrons. The zero-order chi connectivity index (χ0) is 18.1. The molecule has 0 aliphatic rings. The van der Waals surface area contributed by atoms with E-state index >= 15 is 0 Å². The lowest BCUT2D eigenvalue weighted by atomic mass is 10.2. The highest BCUT2D eigenvalue weighted by atomic mass is 32.2. The summed E-state index contributed by atoms with van der Waals surface area (Å²) in [7, 11) is 0. The summed E-state index contributed by atoms with van der Waals surface area (Å²) >= 11 is 1.63. The third-order valence-electron chi connectivity index (χ3n) is 4.34. The van der Waals surface area contributed by atoms with E-state index in [9.17, 15) is 0 Å². The lowest BCUT2D eigenvalue weighted by Crippen LogP contribution is -1.99. The second kappa shape index (κ2) is 6.96. The lowest BCUT2D eigenvalue weighted by Gasteiger charge is -2.01. The van der Waals surface area contributed by atoms with Gasteiger partial charge in [0.05, 0.1) is 11.4 Å². The fourth-order valence-corrected chi connectivity index (χ4v) is 3.86. The first-order valence-electron chi connectivity index (χ1n) is 8.72. The van der Waals surface area contributed by atoms with E-state index in [0.29, 0.717) is 0 Å². The third kappa shape index (κ3) is 3.24. The summed E-state index contributed by atoms with van der Waals surface area (Å²) in [5.74, 6) is 1.79. The number of hydrogen-bond donors (Lipinski definition) is 0. The fraction of sp³-hybridized carbons (Fsp3) is 0.250. The predicted octanol–water partition coefficient (Wildman–Crippen LogP) is 4.52. The van der Waals surface area contributed by atoms with Gasteiger partial charge in [-0.15, -0.1) is 5.10 Å². The maximum absolute atomic E-state index is 4.83. The van der Waals surface area contributed by atoms with Crippen molar-refractivity contribution in [1.29, 1.82) is 0 Å². The Balaban J connectivity index is 1.58. The number of rotatable bonds is 5. The van der Waals surface area contributed by atoms with E-state index in [1.807, 2.05) is 22.7 Å². The Morgan fingerprint density at radius 2 is 1.85 bits per heavy atom. The molecule has 6 heteroatoms. The molecule has 0 fully saturated rings. The van der Waals surface area contributed by atoms with Gasteiger partial charge in [0, 0.05) is 24.0 Å². The molecule has 0 aliphatic carbocycles. The van der Waals surface area contributed by atoms with Crippen molar-refractivity contribution in [3.63, 3.8) is 0 Å². The van der Waals surface area contributed by atoms with Crippen molar-refractivity contribution in [3.8, 4) is 11.3 Å². The smallest absolute Gasteiger partial charge is 0.209 e. The average molecular weight is 363 g/mol. The van der Waals surface area contributed by atoms with E-state index in [2.05, 4.69) is 65.9 Å². The number of fused-ring (bicyclic) bond motifs is 1. The van der Waals surface area contributed by atoms with E-state index in [1.54, 1.807) is 11.8 Å². The Labute approximate surface area is 157 Å². The molecule has 26 heavy (non-hydrogen) atoms. The Morgan fingerprint density at radius 3 is 2.62 bits per heavy atom. The highest BCUT2D eigenvalue weighted by Crippen LogP contribution is 2.24. The first-order chi connectivity index (χ1) is 12.6. The van der Waals surface area contributed by atoms with Crippen LogP contribution in [0.2, 0.25) is 0 Å². The van der Waals surface area contributed by atoms with Crippen LogP contribution in [0.15, 0.2) is 53.8 Å². The van der Waals surface area contributed by atoms with E-state index < -0.39 is 0 Å². The topological polar surface area (TPSA) is 48.0 Å². The summed E-state index contributed by atoms with van der Waals surface area (Å²) in [6.45, 7) is 7.17. The van der Waals surface area contributed by atoms with Gasteiger partial charge in [-0.05, 0) is 38.5 Å². The molecule has 3 heterocycles. The van der Waals surface area contributed by atoms with Crippen LogP contribution in [0.5, 0.6) is 0 Å². The molecule has 0 aliphatic heterocycles. The molecule has 0 bridgehead atoms. The summed E-state index contributed by atoms with van der Waals surface area (Å²) < 4.78 is 4.09. The van der Waals surface area contributed by atoms with Crippen molar-refractivity contribution < 1.29 is 0 Å². The second-order valence-electron chi connectivity index (χ2n) is 6.32. The van der Waals surface area contributed by atoms with E-state index in [-0.39, 0.29) is 0 Å². The quantitative estimate of drug-likeness (QED) is 0.489. The van der Waals surface area contributed by atoms with Crippen LogP contribution in [0.25, 0.3) is 16.9 Å². The molecule has 4 aromatic rings. The van der Waals surface area contributed by atoms with E-state index in [1.165, 1.54) is 5.56 Å². The van der Waals surface area contributed by atoms with Gasteiger partial charge in [-0.1, -0.05) is 42.1 Å². The maximum Gasteiger partial charge on any atom is 0.209 e. The molecular formula is C20H21N5S. The van der Waals surface area contributed by atoms with Crippen molar-refractivity contribution in [1.82, 2.24) is 24.1 Å². The largest absolute Gasteiger partial charge is 0.334 e. The van der Waals surface area contributed by atoms with Gasteiger partial charge in [-0.25, -0.2) is 14.5 Å². The molecule has 0 N–H and O–H groups in total. The maximum atomic E-state index is 4.83. The van der Waals surface area contributed by atoms with Crippen LogP contribution in [0.4, 0.5) is 0 Å². The van der Waals surface area contributed by atoms with Gasteiger partial charge in [0.1, 0.15) is 5.82 Å². The van der Waals surface area contributed by atoms with Crippen LogP contribution in [-0.4, -0.2) is 24.1 Å². The van der Waals surface area contributed by atoms with Crippen molar-refractivity contribution in [2.45, 2.75) is 38.2 Å². The van der Waals surface area contributed by atoms with Crippen LogP contribution in [-0.2, 0) is 12.3 Å². The second-order valence-corrected chi connectivity index (χ2v) is 7.26. The minimum atomic E-state index is 0.746. The van der Waals surface area contributed by atoms with Crippen LogP contribution < -0.4 is 0 Å². The first kappa shape index (κ1) is 16.8. The van der Waals surface area contributed by atoms with Gasteiger partial charge >= 0.3 is 0 Å². The minimum Gasteiger partial charge on any atom is -0.334 e. The molecular weight excluding hydrogens is 342 g/mol. The number of aromatic nitrogens is 5. The number of nitrogens with zero attached hydrogens (tertiary/aromatic N) is 5. The predicted molar refractivity (Wildman–Crippen MR) is 105 cm³/mol. The fourth-order valence-electron chi connectivity index (χ4n) is 3.07. The van der Waals surface area contributed by atoms with Crippen molar-refractivity contribution in [3.05, 3.63) is 65.7 Å². The monoisotopic (exact) mass is 363 g/mol. The van der Waals surface area contributed by atoms with Crippen LogP contribution in [0.3, 0.4) is 0 Å². The first-order valence-corrected chi connectivity index (χ1v) is 9.71. The number of aryl methyl sites for hydroxylation is 3. The van der Waals surface area contributed by atoms with Crippen LogP contribution in [0, 0.1) is 13.8 Å². The molecule has 0 unspecified atom stereocenters. The Hall–Kier alpha value is -2.60. The molecule has 5 nitrogen and oxygen atoms in total. The molecule has 0 amide bonds. The molecule has 0 spiro atoms. The van der Waals surface area contributed by atoms with Gasteiger partial charge in [0.25, 0.3) is 0 Å². The van der Waals surface area contributed by atoms with Crippen LogP contribution in [0.1, 0.15) is 24.0 Å². The average Bonchev–Trinajstić information content (AvgIpc) is 3.24. The number of imidazole rings is 1. The summed E-state index contributed by atoms with van der Waals surface area (Å²) in [5.41, 5.74) is 5.35. The Morgan fingerprint density at radius 1 is 1.04 bits per heavy atom. The Kier molecular flexibility index (Phi) is 4.51. The summed E-state index contributed by atoms with van der Waals surface area (Å²) in [5, 5.41) is 5.40. The van der Waals surface area contributed by atoms with Crippen molar-refractivity contribution >= 4 is 17.4 Å². The summed E-state index contributed by atoms with van der Waals surface area (Å²) in [6, 6.07) is 14.5. The highest BCUT2D eigenvalue weighted by molar-refractivity contribution is 7.98.